The molecule has 29 heavy (non-hydrogen) atoms. The zero-order valence-electron chi connectivity index (χ0n) is 17.8. The number of rotatable bonds is 6. The van der Waals surface area contributed by atoms with Gasteiger partial charge in [-0.15, -0.1) is 11.3 Å². The summed E-state index contributed by atoms with van der Waals surface area (Å²) in [5.74, 6) is 1.36. The average Bonchev–Trinajstić information content (AvgIpc) is 3.02. The van der Waals surface area contributed by atoms with Crippen molar-refractivity contribution in [3.63, 3.8) is 0 Å². The molecule has 2 aromatic rings. The molecule has 7 heteroatoms. The molecule has 1 fully saturated rings. The lowest BCUT2D eigenvalue weighted by Gasteiger charge is -2.40. The number of nitrogens with zero attached hydrogens (tertiary/aromatic N) is 3. The topological polar surface area (TPSA) is 52.6 Å². The first kappa shape index (κ1) is 22.1. The van der Waals surface area contributed by atoms with Gasteiger partial charge < -0.3 is 10.6 Å². The summed E-state index contributed by atoms with van der Waals surface area (Å²) in [6.45, 7) is 7.03. The van der Waals surface area contributed by atoms with E-state index in [4.69, 9.17) is 11.6 Å². The quantitative estimate of drug-likeness (QED) is 0.529. The number of halogens is 1. The third-order valence-corrected chi connectivity index (χ3v) is 7.02. The molecule has 1 aliphatic heterocycles. The Labute approximate surface area is 183 Å². The molecule has 1 saturated heterocycles. The van der Waals surface area contributed by atoms with Crippen LogP contribution in [-0.4, -0.2) is 49.6 Å². The smallest absolute Gasteiger partial charge is 0.191 e. The molecule has 0 aliphatic carbocycles. The number of guanidine groups is 1. The largest absolute Gasteiger partial charge is 0.356 e. The SMILES string of the molecule is CN=C(NCCc1nc(C)c(C)s1)NCC1CCCN(C)C1c1cccc(Cl)c1. The molecule has 2 atom stereocenters. The van der Waals surface area contributed by atoms with Crippen LogP contribution in [0.3, 0.4) is 0 Å². The summed E-state index contributed by atoms with van der Waals surface area (Å²) in [6, 6.07) is 8.66. The number of benzene rings is 1. The Morgan fingerprint density at radius 2 is 2.17 bits per heavy atom. The molecule has 0 radical (unpaired) electrons. The maximum Gasteiger partial charge on any atom is 0.191 e. The van der Waals surface area contributed by atoms with Crippen LogP contribution in [0.1, 0.15) is 40.0 Å². The second kappa shape index (κ2) is 10.4. The van der Waals surface area contributed by atoms with E-state index >= 15 is 0 Å². The number of aromatic nitrogens is 1. The third kappa shape index (κ3) is 5.93. The number of aryl methyl sites for hydroxylation is 2. The van der Waals surface area contributed by atoms with Gasteiger partial charge in [0.2, 0.25) is 0 Å². The summed E-state index contributed by atoms with van der Waals surface area (Å²) >= 11 is 8.04. The van der Waals surface area contributed by atoms with Crippen LogP contribution >= 0.6 is 22.9 Å². The summed E-state index contributed by atoms with van der Waals surface area (Å²) < 4.78 is 0. The van der Waals surface area contributed by atoms with E-state index in [1.165, 1.54) is 28.3 Å². The number of hydrogen-bond donors (Lipinski definition) is 2. The number of nitrogens with one attached hydrogen (secondary N) is 2. The van der Waals surface area contributed by atoms with E-state index in [-0.39, 0.29) is 0 Å². The maximum atomic E-state index is 6.26. The molecule has 1 aromatic carbocycles. The minimum absolute atomic E-state index is 0.370. The van der Waals surface area contributed by atoms with Crippen molar-refractivity contribution in [2.75, 3.05) is 33.7 Å². The van der Waals surface area contributed by atoms with Gasteiger partial charge in [0.1, 0.15) is 0 Å². The summed E-state index contributed by atoms with van der Waals surface area (Å²) in [4.78, 5) is 12.8. The van der Waals surface area contributed by atoms with Crippen molar-refractivity contribution in [1.82, 2.24) is 20.5 Å². The number of aliphatic imine (C=N–C) groups is 1. The molecular weight excluding hydrogens is 402 g/mol. The van der Waals surface area contributed by atoms with E-state index in [2.05, 4.69) is 58.5 Å². The van der Waals surface area contributed by atoms with Crippen molar-refractivity contribution in [1.29, 1.82) is 0 Å². The minimum Gasteiger partial charge on any atom is -0.356 e. The molecule has 0 bridgehead atoms. The van der Waals surface area contributed by atoms with E-state index < -0.39 is 0 Å². The van der Waals surface area contributed by atoms with E-state index in [1.807, 2.05) is 19.2 Å². The fourth-order valence-corrected chi connectivity index (χ4v) is 5.21. The van der Waals surface area contributed by atoms with Crippen LogP contribution in [0.2, 0.25) is 5.02 Å². The minimum atomic E-state index is 0.370. The van der Waals surface area contributed by atoms with Crippen LogP contribution in [0.15, 0.2) is 29.3 Å². The fraction of sp³-hybridized carbons (Fsp3) is 0.545. The van der Waals surface area contributed by atoms with Gasteiger partial charge in [0.25, 0.3) is 0 Å². The Hall–Kier alpha value is -1.63. The predicted molar refractivity (Wildman–Crippen MR) is 124 cm³/mol. The first-order chi connectivity index (χ1) is 14.0. The van der Waals surface area contributed by atoms with Crippen LogP contribution in [0.5, 0.6) is 0 Å². The molecule has 0 spiro atoms. The van der Waals surface area contributed by atoms with Gasteiger partial charge in [0, 0.05) is 42.5 Å². The van der Waals surface area contributed by atoms with Gasteiger partial charge in [0.15, 0.2) is 5.96 Å². The maximum absolute atomic E-state index is 6.26. The lowest BCUT2D eigenvalue weighted by molar-refractivity contribution is 0.122. The highest BCUT2D eigenvalue weighted by Gasteiger charge is 2.30. The van der Waals surface area contributed by atoms with Crippen molar-refractivity contribution >= 4 is 28.9 Å². The molecule has 2 heterocycles. The zero-order chi connectivity index (χ0) is 20.8. The van der Waals surface area contributed by atoms with E-state index in [9.17, 15) is 0 Å². The van der Waals surface area contributed by atoms with Gasteiger partial charge >= 0.3 is 0 Å². The lowest BCUT2D eigenvalue weighted by atomic mass is 9.85. The molecule has 2 unspecified atom stereocenters. The molecule has 0 saturated carbocycles. The number of hydrogen-bond acceptors (Lipinski definition) is 4. The Balaban J connectivity index is 1.55. The molecule has 1 aliphatic rings. The van der Waals surface area contributed by atoms with Gasteiger partial charge in [-0.25, -0.2) is 4.98 Å². The van der Waals surface area contributed by atoms with Crippen molar-refractivity contribution in [2.45, 2.75) is 39.2 Å². The number of thiazole rings is 1. The Kier molecular flexibility index (Phi) is 7.92. The van der Waals surface area contributed by atoms with Crippen LogP contribution in [0.4, 0.5) is 0 Å². The Bertz CT molecular complexity index is 815. The highest BCUT2D eigenvalue weighted by molar-refractivity contribution is 7.11. The molecule has 0 amide bonds. The van der Waals surface area contributed by atoms with Gasteiger partial charge in [0.05, 0.1) is 10.7 Å². The number of piperidine rings is 1. The molecule has 158 valence electrons. The molecular formula is C22H32ClN5S. The van der Waals surface area contributed by atoms with Crippen LogP contribution in [0.25, 0.3) is 0 Å². The van der Waals surface area contributed by atoms with Crippen molar-refractivity contribution in [3.8, 4) is 0 Å². The lowest BCUT2D eigenvalue weighted by Crippen LogP contribution is -2.45. The van der Waals surface area contributed by atoms with Crippen LogP contribution in [0, 0.1) is 19.8 Å². The normalized spacial score (nSPS) is 20.7. The summed E-state index contributed by atoms with van der Waals surface area (Å²) in [6.07, 6.45) is 3.33. The van der Waals surface area contributed by atoms with Gasteiger partial charge in [-0.2, -0.15) is 0 Å². The van der Waals surface area contributed by atoms with Gasteiger partial charge in [-0.3, -0.25) is 9.89 Å². The van der Waals surface area contributed by atoms with E-state index in [0.29, 0.717) is 12.0 Å². The number of likely N-dealkylation sites (tertiary alicyclic amines) is 1. The molecule has 3 rings (SSSR count). The molecule has 2 N–H and O–H groups in total. The molecule has 5 nitrogen and oxygen atoms in total. The first-order valence-corrected chi connectivity index (χ1v) is 11.5. The van der Waals surface area contributed by atoms with Crippen molar-refractivity contribution in [3.05, 3.63) is 50.4 Å². The Morgan fingerprint density at radius 1 is 1.34 bits per heavy atom. The second-order valence-corrected chi connectivity index (χ2v) is 9.49. The van der Waals surface area contributed by atoms with Crippen molar-refractivity contribution < 1.29 is 0 Å². The summed E-state index contributed by atoms with van der Waals surface area (Å²) in [7, 11) is 4.04. The van der Waals surface area contributed by atoms with Crippen LogP contribution in [-0.2, 0) is 6.42 Å². The standard InChI is InChI=1S/C22H32ClN5S/c1-15-16(2)29-20(27-15)10-11-25-22(24-3)26-14-18-8-6-12-28(4)21(18)17-7-5-9-19(23)13-17/h5,7,9,13,18,21H,6,8,10-12,14H2,1-4H3,(H2,24,25,26). The molecule has 1 aromatic heterocycles. The van der Waals surface area contributed by atoms with E-state index in [1.54, 1.807) is 11.3 Å². The monoisotopic (exact) mass is 433 g/mol. The first-order valence-electron chi connectivity index (χ1n) is 10.3. The van der Waals surface area contributed by atoms with Crippen molar-refractivity contribution in [2.24, 2.45) is 10.9 Å². The van der Waals surface area contributed by atoms with Gasteiger partial charge in [-0.1, -0.05) is 23.7 Å². The highest BCUT2D eigenvalue weighted by atomic mass is 35.5. The van der Waals surface area contributed by atoms with Crippen LogP contribution < -0.4 is 10.6 Å². The second-order valence-electron chi connectivity index (χ2n) is 7.76. The third-order valence-electron chi connectivity index (χ3n) is 5.66. The summed E-state index contributed by atoms with van der Waals surface area (Å²) in [5, 5.41) is 8.95. The zero-order valence-corrected chi connectivity index (χ0v) is 19.4. The average molecular weight is 434 g/mol. The Morgan fingerprint density at radius 3 is 2.86 bits per heavy atom. The van der Waals surface area contributed by atoms with Gasteiger partial charge in [-0.05, 0) is 63.9 Å². The predicted octanol–water partition coefficient (Wildman–Crippen LogP) is 4.20. The summed E-state index contributed by atoms with van der Waals surface area (Å²) in [5.41, 5.74) is 2.44. The van der Waals surface area contributed by atoms with E-state index in [0.717, 1.165) is 42.7 Å². The fourth-order valence-electron chi connectivity index (χ4n) is 4.07. The highest BCUT2D eigenvalue weighted by Crippen LogP contribution is 2.35.